The first-order chi connectivity index (χ1) is 8.28. The molecule has 1 aliphatic heterocycles. The molecule has 1 fully saturated rings. The van der Waals surface area contributed by atoms with E-state index in [1.54, 1.807) is 0 Å². The van der Waals surface area contributed by atoms with Crippen molar-refractivity contribution >= 4 is 0 Å². The van der Waals surface area contributed by atoms with Crippen molar-refractivity contribution in [3.05, 3.63) is 35.9 Å². The third-order valence-electron chi connectivity index (χ3n) is 3.92. The van der Waals surface area contributed by atoms with Crippen molar-refractivity contribution in [2.24, 2.45) is 0 Å². The summed E-state index contributed by atoms with van der Waals surface area (Å²) in [5.74, 6) is 0. The minimum atomic E-state index is 0.0766. The Morgan fingerprint density at radius 2 is 1.94 bits per heavy atom. The van der Waals surface area contributed by atoms with Crippen LogP contribution >= 0.6 is 0 Å². The minimum Gasteiger partial charge on any atom is -0.372 e. The highest BCUT2D eigenvalue weighted by Gasteiger charge is 2.32. The van der Waals surface area contributed by atoms with Gasteiger partial charge in [0, 0.05) is 12.6 Å². The minimum absolute atomic E-state index is 0.0766. The van der Waals surface area contributed by atoms with Crippen LogP contribution in [-0.2, 0) is 11.2 Å². The molecule has 0 amide bonds. The third-order valence-corrected chi connectivity index (χ3v) is 3.92. The lowest BCUT2D eigenvalue weighted by Crippen LogP contribution is -2.54. The van der Waals surface area contributed by atoms with Gasteiger partial charge in [-0.05, 0) is 24.8 Å². The van der Waals surface area contributed by atoms with Gasteiger partial charge in [-0.15, -0.1) is 0 Å². The first kappa shape index (κ1) is 12.6. The van der Waals surface area contributed by atoms with Gasteiger partial charge in [0.2, 0.25) is 0 Å². The summed E-state index contributed by atoms with van der Waals surface area (Å²) in [5.41, 5.74) is 1.46. The van der Waals surface area contributed by atoms with Crippen LogP contribution in [0.15, 0.2) is 30.3 Å². The van der Waals surface area contributed by atoms with E-state index in [1.807, 2.05) is 0 Å². The summed E-state index contributed by atoms with van der Waals surface area (Å²) in [6.07, 6.45) is 3.24. The summed E-state index contributed by atoms with van der Waals surface area (Å²) in [7, 11) is 0. The molecule has 1 unspecified atom stereocenters. The van der Waals surface area contributed by atoms with Crippen molar-refractivity contribution in [2.75, 3.05) is 13.2 Å². The van der Waals surface area contributed by atoms with Crippen LogP contribution in [-0.4, -0.2) is 24.8 Å². The molecule has 1 heterocycles. The molecule has 17 heavy (non-hydrogen) atoms. The zero-order valence-corrected chi connectivity index (χ0v) is 10.9. The molecule has 0 spiro atoms. The quantitative estimate of drug-likeness (QED) is 0.863. The van der Waals surface area contributed by atoms with Gasteiger partial charge in [0.05, 0.1) is 12.2 Å². The van der Waals surface area contributed by atoms with Gasteiger partial charge in [0.1, 0.15) is 0 Å². The molecule has 1 N–H and O–H groups in total. The van der Waals surface area contributed by atoms with Crippen LogP contribution in [0, 0.1) is 0 Å². The fraction of sp³-hybridized carbons (Fsp3) is 0.600. The van der Waals surface area contributed by atoms with Crippen molar-refractivity contribution in [2.45, 2.75) is 44.8 Å². The Hall–Kier alpha value is -0.860. The molecule has 0 radical (unpaired) electrons. The summed E-state index contributed by atoms with van der Waals surface area (Å²) in [6.45, 7) is 6.24. The summed E-state index contributed by atoms with van der Waals surface area (Å²) < 4.78 is 6.09. The maximum Gasteiger partial charge on any atom is 0.0801 e. The molecular formula is C15H23NO. The SMILES string of the molecule is CCC1(CC)CNC(Cc2ccccc2)CO1. The van der Waals surface area contributed by atoms with Gasteiger partial charge in [0.15, 0.2) is 0 Å². The number of benzene rings is 1. The van der Waals surface area contributed by atoms with E-state index in [1.165, 1.54) is 5.56 Å². The maximum absolute atomic E-state index is 6.09. The molecule has 1 saturated heterocycles. The molecule has 2 nitrogen and oxygen atoms in total. The number of nitrogens with one attached hydrogen (secondary N) is 1. The molecule has 1 atom stereocenters. The number of hydrogen-bond acceptors (Lipinski definition) is 2. The molecular weight excluding hydrogens is 210 g/mol. The zero-order chi connectivity index (χ0) is 12.1. The first-order valence-electron chi connectivity index (χ1n) is 6.69. The van der Waals surface area contributed by atoms with Crippen molar-refractivity contribution < 1.29 is 4.74 Å². The van der Waals surface area contributed by atoms with Gasteiger partial charge in [-0.3, -0.25) is 0 Å². The molecule has 0 saturated carbocycles. The Morgan fingerprint density at radius 3 is 2.47 bits per heavy atom. The molecule has 0 aromatic heterocycles. The Bertz CT molecular complexity index is 322. The van der Waals surface area contributed by atoms with Crippen LogP contribution in [0.5, 0.6) is 0 Å². The van der Waals surface area contributed by atoms with E-state index in [9.17, 15) is 0 Å². The van der Waals surface area contributed by atoms with Crippen LogP contribution in [0.2, 0.25) is 0 Å². The lowest BCUT2D eigenvalue weighted by Gasteiger charge is -2.40. The van der Waals surface area contributed by atoms with Gasteiger partial charge >= 0.3 is 0 Å². The Morgan fingerprint density at radius 1 is 1.24 bits per heavy atom. The number of ether oxygens (including phenoxy) is 1. The van der Waals surface area contributed by atoms with E-state index in [2.05, 4.69) is 49.5 Å². The second kappa shape index (κ2) is 5.65. The summed E-state index contributed by atoms with van der Waals surface area (Å²) in [4.78, 5) is 0. The standard InChI is InChI=1S/C15H23NO/c1-3-15(4-2)12-16-14(11-17-15)10-13-8-6-5-7-9-13/h5-9,14,16H,3-4,10-12H2,1-2H3. The highest BCUT2D eigenvalue weighted by atomic mass is 16.5. The second-order valence-corrected chi connectivity index (χ2v) is 4.97. The van der Waals surface area contributed by atoms with Crippen molar-refractivity contribution in [1.29, 1.82) is 0 Å². The van der Waals surface area contributed by atoms with Crippen LogP contribution in [0.4, 0.5) is 0 Å². The molecule has 94 valence electrons. The predicted octanol–water partition coefficient (Wildman–Crippen LogP) is 2.78. The summed E-state index contributed by atoms with van der Waals surface area (Å²) in [5, 5.41) is 3.64. The van der Waals surface area contributed by atoms with Gasteiger partial charge in [-0.2, -0.15) is 0 Å². The number of hydrogen-bond donors (Lipinski definition) is 1. The second-order valence-electron chi connectivity index (χ2n) is 4.97. The molecule has 0 bridgehead atoms. The van der Waals surface area contributed by atoms with Crippen LogP contribution in [0.3, 0.4) is 0 Å². The van der Waals surface area contributed by atoms with E-state index in [0.29, 0.717) is 6.04 Å². The monoisotopic (exact) mass is 233 g/mol. The predicted molar refractivity (Wildman–Crippen MR) is 71.2 cm³/mol. The van der Waals surface area contributed by atoms with E-state index in [-0.39, 0.29) is 5.60 Å². The van der Waals surface area contributed by atoms with Crippen molar-refractivity contribution in [1.82, 2.24) is 5.32 Å². The highest BCUT2D eigenvalue weighted by Crippen LogP contribution is 2.23. The molecule has 1 aromatic rings. The number of rotatable bonds is 4. The van der Waals surface area contributed by atoms with E-state index >= 15 is 0 Å². The topological polar surface area (TPSA) is 21.3 Å². The van der Waals surface area contributed by atoms with Crippen molar-refractivity contribution in [3.8, 4) is 0 Å². The summed E-state index contributed by atoms with van der Waals surface area (Å²) in [6, 6.07) is 11.1. The average molecular weight is 233 g/mol. The van der Waals surface area contributed by atoms with E-state index in [0.717, 1.165) is 32.4 Å². The largest absolute Gasteiger partial charge is 0.372 e. The lowest BCUT2D eigenvalue weighted by molar-refractivity contribution is -0.0871. The zero-order valence-electron chi connectivity index (χ0n) is 10.9. The Balaban J connectivity index is 1.87. The molecule has 2 heteroatoms. The Labute approximate surface area is 104 Å². The van der Waals surface area contributed by atoms with Gasteiger partial charge in [-0.25, -0.2) is 0 Å². The van der Waals surface area contributed by atoms with E-state index < -0.39 is 0 Å². The summed E-state index contributed by atoms with van der Waals surface area (Å²) >= 11 is 0. The molecule has 1 aliphatic rings. The lowest BCUT2D eigenvalue weighted by atomic mass is 9.94. The first-order valence-corrected chi connectivity index (χ1v) is 6.69. The highest BCUT2D eigenvalue weighted by molar-refractivity contribution is 5.16. The average Bonchev–Trinajstić information content (AvgIpc) is 2.41. The normalized spacial score (nSPS) is 23.5. The fourth-order valence-electron chi connectivity index (χ4n) is 2.45. The maximum atomic E-state index is 6.09. The third kappa shape index (κ3) is 3.08. The van der Waals surface area contributed by atoms with Crippen LogP contribution in [0.25, 0.3) is 0 Å². The van der Waals surface area contributed by atoms with Crippen LogP contribution in [0.1, 0.15) is 32.3 Å². The van der Waals surface area contributed by atoms with Crippen LogP contribution < -0.4 is 5.32 Å². The van der Waals surface area contributed by atoms with Gasteiger partial charge in [-0.1, -0.05) is 44.2 Å². The molecule has 1 aromatic carbocycles. The Kier molecular flexibility index (Phi) is 4.19. The molecule has 2 rings (SSSR count). The van der Waals surface area contributed by atoms with Gasteiger partial charge < -0.3 is 10.1 Å². The molecule has 0 aliphatic carbocycles. The smallest absolute Gasteiger partial charge is 0.0801 e. The van der Waals surface area contributed by atoms with E-state index in [4.69, 9.17) is 4.74 Å². The van der Waals surface area contributed by atoms with Gasteiger partial charge in [0.25, 0.3) is 0 Å². The number of morpholine rings is 1. The van der Waals surface area contributed by atoms with Crippen molar-refractivity contribution in [3.63, 3.8) is 0 Å². The fourth-order valence-corrected chi connectivity index (χ4v) is 2.45.